The smallest absolute Gasteiger partial charge is 0.0576 e. The van der Waals surface area contributed by atoms with Gasteiger partial charge in [0.2, 0.25) is 0 Å². The molecule has 0 spiro atoms. The van der Waals surface area contributed by atoms with Crippen molar-refractivity contribution in [3.05, 3.63) is 94.5 Å². The Morgan fingerprint density at radius 3 is 2.41 bits per heavy atom. The van der Waals surface area contributed by atoms with Crippen molar-refractivity contribution < 1.29 is 0 Å². The molecule has 0 heterocycles. The SMILES string of the molecule is CCN(Cc1ccccc1)c1ccc(/C=N/Nc2ccc(C)c(Cl)c2)cc1. The molecule has 0 fully saturated rings. The molecule has 3 aromatic rings. The molecule has 3 aromatic carbocycles. The minimum atomic E-state index is 0.734. The van der Waals surface area contributed by atoms with E-state index in [1.165, 1.54) is 11.3 Å². The van der Waals surface area contributed by atoms with Gasteiger partial charge < -0.3 is 4.90 Å². The molecule has 0 bridgehead atoms. The van der Waals surface area contributed by atoms with Gasteiger partial charge in [0.25, 0.3) is 0 Å². The fourth-order valence-electron chi connectivity index (χ4n) is 2.80. The molecule has 0 unspecified atom stereocenters. The second kappa shape index (κ2) is 9.24. The van der Waals surface area contributed by atoms with Crippen LogP contribution in [0.1, 0.15) is 23.6 Å². The predicted molar refractivity (Wildman–Crippen MR) is 117 cm³/mol. The van der Waals surface area contributed by atoms with Crippen LogP contribution in [0.15, 0.2) is 77.9 Å². The van der Waals surface area contributed by atoms with Gasteiger partial charge >= 0.3 is 0 Å². The maximum absolute atomic E-state index is 6.13. The average Bonchev–Trinajstić information content (AvgIpc) is 2.70. The van der Waals surface area contributed by atoms with Crippen molar-refractivity contribution in [1.82, 2.24) is 0 Å². The molecule has 0 radical (unpaired) electrons. The number of aryl methyl sites for hydroxylation is 1. The first-order valence-electron chi connectivity index (χ1n) is 9.10. The number of anilines is 2. The molecule has 3 nitrogen and oxygen atoms in total. The van der Waals surface area contributed by atoms with E-state index in [0.29, 0.717) is 0 Å². The number of rotatable bonds is 7. The number of nitrogens with one attached hydrogen (secondary N) is 1. The standard InChI is InChI=1S/C23H24ClN3/c1-3-27(17-20-7-5-4-6-8-20)22-13-10-19(11-14-22)16-25-26-21-12-9-18(2)23(24)15-21/h4-16,26H,3,17H2,1-2H3/b25-16+. The summed E-state index contributed by atoms with van der Waals surface area (Å²) >= 11 is 6.13. The molecule has 4 heteroatoms. The van der Waals surface area contributed by atoms with Gasteiger partial charge in [0.05, 0.1) is 11.9 Å². The van der Waals surface area contributed by atoms with Crippen LogP contribution in [0.2, 0.25) is 5.02 Å². The third-order valence-corrected chi connectivity index (χ3v) is 4.84. The van der Waals surface area contributed by atoms with Crippen LogP contribution in [0.3, 0.4) is 0 Å². The normalized spacial score (nSPS) is 10.9. The van der Waals surface area contributed by atoms with Crippen molar-refractivity contribution >= 4 is 29.2 Å². The van der Waals surface area contributed by atoms with Crippen LogP contribution in [0.5, 0.6) is 0 Å². The van der Waals surface area contributed by atoms with E-state index in [1.54, 1.807) is 0 Å². The number of hydrazone groups is 1. The molecule has 138 valence electrons. The van der Waals surface area contributed by atoms with Gasteiger partial charge in [-0.2, -0.15) is 5.10 Å². The highest BCUT2D eigenvalue weighted by molar-refractivity contribution is 6.31. The van der Waals surface area contributed by atoms with Crippen LogP contribution in [0, 0.1) is 6.92 Å². The molecule has 1 N–H and O–H groups in total. The lowest BCUT2D eigenvalue weighted by atomic mass is 10.1. The Bertz CT molecular complexity index is 889. The maximum Gasteiger partial charge on any atom is 0.0576 e. The summed E-state index contributed by atoms with van der Waals surface area (Å²) in [6.45, 7) is 6.02. The van der Waals surface area contributed by atoms with Gasteiger partial charge in [-0.15, -0.1) is 0 Å². The lowest BCUT2D eigenvalue weighted by molar-refractivity contribution is 0.832. The van der Waals surface area contributed by atoms with Crippen LogP contribution in [0.25, 0.3) is 0 Å². The molecular formula is C23H24ClN3. The van der Waals surface area contributed by atoms with Crippen LogP contribution >= 0.6 is 11.6 Å². The number of hydrogen-bond donors (Lipinski definition) is 1. The summed E-state index contributed by atoms with van der Waals surface area (Å²) in [4.78, 5) is 2.35. The van der Waals surface area contributed by atoms with E-state index >= 15 is 0 Å². The van der Waals surface area contributed by atoms with E-state index in [1.807, 2.05) is 37.4 Å². The summed E-state index contributed by atoms with van der Waals surface area (Å²) in [5.41, 5.74) is 8.50. The van der Waals surface area contributed by atoms with E-state index in [4.69, 9.17) is 11.6 Å². The highest BCUT2D eigenvalue weighted by Crippen LogP contribution is 2.20. The summed E-state index contributed by atoms with van der Waals surface area (Å²) < 4.78 is 0. The number of benzene rings is 3. The van der Waals surface area contributed by atoms with E-state index < -0.39 is 0 Å². The van der Waals surface area contributed by atoms with Gasteiger partial charge in [-0.1, -0.05) is 60.1 Å². The Morgan fingerprint density at radius 1 is 1.00 bits per heavy atom. The van der Waals surface area contributed by atoms with Gasteiger partial charge in [0.1, 0.15) is 0 Å². The zero-order valence-electron chi connectivity index (χ0n) is 15.7. The number of halogens is 1. The fourth-order valence-corrected chi connectivity index (χ4v) is 2.98. The summed E-state index contributed by atoms with van der Waals surface area (Å²) in [5.74, 6) is 0. The van der Waals surface area contributed by atoms with Crippen molar-refractivity contribution in [2.75, 3.05) is 16.9 Å². The van der Waals surface area contributed by atoms with E-state index in [2.05, 4.69) is 70.9 Å². The van der Waals surface area contributed by atoms with Gasteiger partial charge in [0, 0.05) is 23.8 Å². The van der Waals surface area contributed by atoms with Crippen LogP contribution < -0.4 is 10.3 Å². The van der Waals surface area contributed by atoms with Gasteiger partial charge in [-0.25, -0.2) is 0 Å². The monoisotopic (exact) mass is 377 g/mol. The Morgan fingerprint density at radius 2 is 1.74 bits per heavy atom. The molecule has 0 atom stereocenters. The van der Waals surface area contributed by atoms with Crippen molar-refractivity contribution in [3.8, 4) is 0 Å². The lowest BCUT2D eigenvalue weighted by Gasteiger charge is -2.23. The first kappa shape index (κ1) is 19.0. The molecule has 0 amide bonds. The molecule has 3 rings (SSSR count). The zero-order valence-corrected chi connectivity index (χ0v) is 16.4. The molecule has 0 aromatic heterocycles. The first-order valence-corrected chi connectivity index (χ1v) is 9.47. The van der Waals surface area contributed by atoms with Gasteiger partial charge in [0.15, 0.2) is 0 Å². The van der Waals surface area contributed by atoms with Crippen LogP contribution in [0.4, 0.5) is 11.4 Å². The third kappa shape index (κ3) is 5.35. The zero-order chi connectivity index (χ0) is 19.1. The summed E-state index contributed by atoms with van der Waals surface area (Å²) in [7, 11) is 0. The molecule has 0 aliphatic heterocycles. The first-order chi connectivity index (χ1) is 13.2. The highest BCUT2D eigenvalue weighted by atomic mass is 35.5. The Kier molecular flexibility index (Phi) is 6.50. The minimum absolute atomic E-state index is 0.734. The summed E-state index contributed by atoms with van der Waals surface area (Å²) in [6.07, 6.45) is 1.81. The van der Waals surface area contributed by atoms with Crippen LogP contribution in [-0.2, 0) is 6.54 Å². The number of hydrogen-bond acceptors (Lipinski definition) is 3. The Labute approximate surface area is 166 Å². The predicted octanol–water partition coefficient (Wildman–Crippen LogP) is 6.12. The van der Waals surface area contributed by atoms with Crippen molar-refractivity contribution in [3.63, 3.8) is 0 Å². The molecule has 0 aliphatic rings. The Hall–Kier alpha value is -2.78. The van der Waals surface area contributed by atoms with Crippen molar-refractivity contribution in [2.45, 2.75) is 20.4 Å². The molecule has 0 saturated heterocycles. The summed E-state index contributed by atoms with van der Waals surface area (Å²) in [5, 5.41) is 5.03. The van der Waals surface area contributed by atoms with E-state index in [9.17, 15) is 0 Å². The minimum Gasteiger partial charge on any atom is -0.367 e. The maximum atomic E-state index is 6.13. The fraction of sp³-hybridized carbons (Fsp3) is 0.174. The molecule has 27 heavy (non-hydrogen) atoms. The quantitative estimate of drug-likeness (QED) is 0.396. The second-order valence-corrected chi connectivity index (χ2v) is 6.83. The third-order valence-electron chi connectivity index (χ3n) is 4.44. The van der Waals surface area contributed by atoms with Gasteiger partial charge in [-0.05, 0) is 54.8 Å². The topological polar surface area (TPSA) is 27.6 Å². The van der Waals surface area contributed by atoms with Crippen molar-refractivity contribution in [2.24, 2.45) is 5.10 Å². The average molecular weight is 378 g/mol. The second-order valence-electron chi connectivity index (χ2n) is 6.43. The molecule has 0 aliphatic carbocycles. The van der Waals surface area contributed by atoms with Crippen molar-refractivity contribution in [1.29, 1.82) is 0 Å². The van der Waals surface area contributed by atoms with E-state index in [0.717, 1.165) is 34.9 Å². The van der Waals surface area contributed by atoms with Gasteiger partial charge in [-0.3, -0.25) is 5.43 Å². The van der Waals surface area contributed by atoms with Crippen LogP contribution in [-0.4, -0.2) is 12.8 Å². The number of nitrogens with zero attached hydrogens (tertiary/aromatic N) is 2. The molecular weight excluding hydrogens is 354 g/mol. The molecule has 0 saturated carbocycles. The summed E-state index contributed by atoms with van der Waals surface area (Å²) in [6, 6.07) is 24.8. The lowest BCUT2D eigenvalue weighted by Crippen LogP contribution is -2.21. The van der Waals surface area contributed by atoms with E-state index in [-0.39, 0.29) is 0 Å². The largest absolute Gasteiger partial charge is 0.367 e. The Balaban J connectivity index is 1.62. The highest BCUT2D eigenvalue weighted by Gasteiger charge is 2.05.